The van der Waals surface area contributed by atoms with E-state index in [2.05, 4.69) is 18.2 Å². The number of benzene rings is 2. The van der Waals surface area contributed by atoms with Gasteiger partial charge in [0.05, 0.1) is 0 Å². The molecule has 2 aromatic rings. The van der Waals surface area contributed by atoms with Crippen LogP contribution in [0.4, 0.5) is 5.69 Å². The fourth-order valence-electron chi connectivity index (χ4n) is 2.97. The maximum Gasteiger partial charge on any atom is 0.254 e. The molecular formula is C18H20N2O. The summed E-state index contributed by atoms with van der Waals surface area (Å²) in [6.07, 6.45) is 2.05. The van der Waals surface area contributed by atoms with Crippen LogP contribution in [0.25, 0.3) is 0 Å². The van der Waals surface area contributed by atoms with Gasteiger partial charge in [-0.05, 0) is 54.7 Å². The molecule has 0 aromatic heterocycles. The Kier molecular flexibility index (Phi) is 3.65. The van der Waals surface area contributed by atoms with Crippen LogP contribution < -0.4 is 5.73 Å². The van der Waals surface area contributed by atoms with E-state index in [4.69, 9.17) is 5.73 Å². The molecular weight excluding hydrogens is 260 g/mol. The van der Waals surface area contributed by atoms with Crippen molar-refractivity contribution in [3.8, 4) is 0 Å². The molecule has 0 spiro atoms. The van der Waals surface area contributed by atoms with Crippen LogP contribution in [0.5, 0.6) is 0 Å². The number of fused-ring (bicyclic) bond motifs is 1. The minimum Gasteiger partial charge on any atom is -0.399 e. The molecule has 0 saturated carbocycles. The van der Waals surface area contributed by atoms with Crippen LogP contribution in [-0.4, -0.2) is 17.4 Å². The van der Waals surface area contributed by atoms with E-state index in [1.165, 1.54) is 11.1 Å². The molecule has 0 saturated heterocycles. The third kappa shape index (κ3) is 2.77. The molecule has 3 heteroatoms. The van der Waals surface area contributed by atoms with E-state index in [1.807, 2.05) is 30.0 Å². The summed E-state index contributed by atoms with van der Waals surface area (Å²) in [4.78, 5) is 14.7. The van der Waals surface area contributed by atoms with E-state index in [9.17, 15) is 4.79 Å². The number of rotatable bonds is 1. The minimum absolute atomic E-state index is 0.101. The number of hydrogen-bond donors (Lipinski definition) is 1. The average Bonchev–Trinajstić information content (AvgIpc) is 2.68. The first kappa shape index (κ1) is 13.7. The molecule has 3 nitrogen and oxygen atoms in total. The van der Waals surface area contributed by atoms with Crippen molar-refractivity contribution in [2.45, 2.75) is 26.3 Å². The van der Waals surface area contributed by atoms with Gasteiger partial charge in [-0.25, -0.2) is 0 Å². The Bertz CT molecular complexity index is 679. The molecule has 0 unspecified atom stereocenters. The molecule has 1 aliphatic heterocycles. The summed E-state index contributed by atoms with van der Waals surface area (Å²) in [5.41, 5.74) is 10.8. The summed E-state index contributed by atoms with van der Waals surface area (Å²) in [7, 11) is 0. The highest BCUT2D eigenvalue weighted by molar-refractivity contribution is 5.96. The predicted molar refractivity (Wildman–Crippen MR) is 85.1 cm³/mol. The fourth-order valence-corrected chi connectivity index (χ4v) is 2.97. The third-order valence-electron chi connectivity index (χ3n) is 4.12. The van der Waals surface area contributed by atoms with Crippen LogP contribution in [-0.2, 0) is 13.0 Å². The zero-order valence-corrected chi connectivity index (χ0v) is 12.3. The molecule has 21 heavy (non-hydrogen) atoms. The van der Waals surface area contributed by atoms with Crippen molar-refractivity contribution in [2.24, 2.45) is 0 Å². The maximum atomic E-state index is 12.8. The number of anilines is 1. The van der Waals surface area contributed by atoms with Gasteiger partial charge in [-0.15, -0.1) is 0 Å². The summed E-state index contributed by atoms with van der Waals surface area (Å²) in [5, 5.41) is 0. The topological polar surface area (TPSA) is 46.3 Å². The van der Waals surface area contributed by atoms with E-state index < -0.39 is 0 Å². The first-order valence-electron chi connectivity index (χ1n) is 7.37. The monoisotopic (exact) mass is 280 g/mol. The zero-order chi connectivity index (χ0) is 14.8. The van der Waals surface area contributed by atoms with Crippen molar-refractivity contribution >= 4 is 11.6 Å². The van der Waals surface area contributed by atoms with Crippen LogP contribution in [0.15, 0.2) is 42.5 Å². The van der Waals surface area contributed by atoms with E-state index in [0.29, 0.717) is 12.2 Å². The first-order chi connectivity index (χ1) is 10.1. The lowest BCUT2D eigenvalue weighted by Crippen LogP contribution is -2.31. The van der Waals surface area contributed by atoms with Crippen LogP contribution in [0.1, 0.15) is 33.5 Å². The summed E-state index contributed by atoms with van der Waals surface area (Å²) >= 11 is 0. The Hall–Kier alpha value is -2.29. The Labute approximate surface area is 125 Å². The Balaban J connectivity index is 1.88. The Morgan fingerprint density at radius 1 is 1.14 bits per heavy atom. The SMILES string of the molecule is Cc1cc(N)ccc1C(=O)N1CCCc2ccccc2C1. The van der Waals surface area contributed by atoms with Crippen molar-refractivity contribution in [1.29, 1.82) is 0 Å². The summed E-state index contributed by atoms with van der Waals surface area (Å²) in [6.45, 7) is 3.44. The summed E-state index contributed by atoms with van der Waals surface area (Å²) in [6, 6.07) is 13.9. The van der Waals surface area contributed by atoms with Crippen molar-refractivity contribution < 1.29 is 4.79 Å². The average molecular weight is 280 g/mol. The van der Waals surface area contributed by atoms with Gasteiger partial charge in [0.15, 0.2) is 0 Å². The maximum absolute atomic E-state index is 12.8. The summed E-state index contributed by atoms with van der Waals surface area (Å²) in [5.74, 6) is 0.101. The second kappa shape index (κ2) is 5.60. The number of carbonyl (C=O) groups excluding carboxylic acids is 1. The van der Waals surface area contributed by atoms with E-state index >= 15 is 0 Å². The second-order valence-electron chi connectivity index (χ2n) is 5.67. The van der Waals surface area contributed by atoms with Crippen LogP contribution >= 0.6 is 0 Å². The lowest BCUT2D eigenvalue weighted by molar-refractivity contribution is 0.0745. The highest BCUT2D eigenvalue weighted by Crippen LogP contribution is 2.21. The lowest BCUT2D eigenvalue weighted by atomic mass is 10.0. The van der Waals surface area contributed by atoms with Gasteiger partial charge in [0.2, 0.25) is 0 Å². The molecule has 3 rings (SSSR count). The van der Waals surface area contributed by atoms with Crippen molar-refractivity contribution in [2.75, 3.05) is 12.3 Å². The molecule has 2 aromatic carbocycles. The van der Waals surface area contributed by atoms with Crippen LogP contribution in [0.3, 0.4) is 0 Å². The highest BCUT2D eigenvalue weighted by Gasteiger charge is 2.21. The zero-order valence-electron chi connectivity index (χ0n) is 12.3. The number of carbonyl (C=O) groups is 1. The molecule has 108 valence electrons. The molecule has 2 N–H and O–H groups in total. The predicted octanol–water partition coefficient (Wildman–Crippen LogP) is 3.17. The van der Waals surface area contributed by atoms with Gasteiger partial charge in [0, 0.05) is 24.3 Å². The van der Waals surface area contributed by atoms with Crippen molar-refractivity contribution in [3.63, 3.8) is 0 Å². The second-order valence-corrected chi connectivity index (χ2v) is 5.67. The van der Waals surface area contributed by atoms with E-state index in [0.717, 1.165) is 30.5 Å². The van der Waals surface area contributed by atoms with Gasteiger partial charge in [-0.3, -0.25) is 4.79 Å². The van der Waals surface area contributed by atoms with E-state index in [1.54, 1.807) is 6.07 Å². The van der Waals surface area contributed by atoms with Gasteiger partial charge in [-0.1, -0.05) is 24.3 Å². The first-order valence-corrected chi connectivity index (χ1v) is 7.37. The van der Waals surface area contributed by atoms with Crippen molar-refractivity contribution in [3.05, 3.63) is 64.7 Å². The minimum atomic E-state index is 0.101. The van der Waals surface area contributed by atoms with Gasteiger partial charge < -0.3 is 10.6 Å². The van der Waals surface area contributed by atoms with E-state index in [-0.39, 0.29) is 5.91 Å². The highest BCUT2D eigenvalue weighted by atomic mass is 16.2. The van der Waals surface area contributed by atoms with Crippen LogP contribution in [0, 0.1) is 6.92 Å². The molecule has 0 radical (unpaired) electrons. The third-order valence-corrected chi connectivity index (χ3v) is 4.12. The number of amides is 1. The Morgan fingerprint density at radius 3 is 2.67 bits per heavy atom. The number of aryl methyl sites for hydroxylation is 2. The molecule has 1 amide bonds. The quantitative estimate of drug-likeness (QED) is 0.816. The fraction of sp³-hybridized carbons (Fsp3) is 0.278. The molecule has 0 bridgehead atoms. The Morgan fingerprint density at radius 2 is 1.90 bits per heavy atom. The van der Waals surface area contributed by atoms with Gasteiger partial charge in [0.25, 0.3) is 5.91 Å². The van der Waals surface area contributed by atoms with Gasteiger partial charge >= 0.3 is 0 Å². The molecule has 1 aliphatic rings. The normalized spacial score (nSPS) is 14.4. The number of nitrogen functional groups attached to an aromatic ring is 1. The summed E-state index contributed by atoms with van der Waals surface area (Å²) < 4.78 is 0. The van der Waals surface area contributed by atoms with Gasteiger partial charge in [-0.2, -0.15) is 0 Å². The van der Waals surface area contributed by atoms with Gasteiger partial charge in [0.1, 0.15) is 0 Å². The van der Waals surface area contributed by atoms with Crippen molar-refractivity contribution in [1.82, 2.24) is 4.90 Å². The standard InChI is InChI=1S/C18H20N2O/c1-13-11-16(19)8-9-17(13)18(21)20-10-4-7-14-5-2-3-6-15(14)12-20/h2-3,5-6,8-9,11H,4,7,10,12,19H2,1H3. The molecule has 1 heterocycles. The number of nitrogens with zero attached hydrogens (tertiary/aromatic N) is 1. The smallest absolute Gasteiger partial charge is 0.254 e. The molecule has 0 fully saturated rings. The molecule has 0 atom stereocenters. The largest absolute Gasteiger partial charge is 0.399 e. The molecule has 0 aliphatic carbocycles. The number of nitrogens with two attached hydrogens (primary N) is 1. The lowest BCUT2D eigenvalue weighted by Gasteiger charge is -2.22. The van der Waals surface area contributed by atoms with Crippen LogP contribution in [0.2, 0.25) is 0 Å². The number of hydrogen-bond acceptors (Lipinski definition) is 2.